The molecule has 24 heteroatoms. The highest BCUT2D eigenvalue weighted by molar-refractivity contribution is 6.04. The van der Waals surface area contributed by atoms with Crippen LogP contribution < -0.4 is 21.3 Å². The summed E-state index contributed by atoms with van der Waals surface area (Å²) in [6.07, 6.45) is 17.2. The topological polar surface area (TPSA) is 300 Å². The highest BCUT2D eigenvalue weighted by Gasteiger charge is 2.38. The summed E-state index contributed by atoms with van der Waals surface area (Å²) >= 11 is 0. The summed E-state index contributed by atoms with van der Waals surface area (Å²) in [4.78, 5) is 134. The van der Waals surface area contributed by atoms with E-state index in [1.165, 1.54) is 22.8 Å². The van der Waals surface area contributed by atoms with Crippen molar-refractivity contribution in [1.29, 1.82) is 0 Å². The molecule has 3 aromatic heterocycles. The average Bonchev–Trinajstić information content (AvgIpc) is 1.64. The lowest BCUT2D eigenvalue weighted by Crippen LogP contribution is -2.48. The maximum absolute atomic E-state index is 14.3. The van der Waals surface area contributed by atoms with Crippen LogP contribution in [0.15, 0.2) is 219 Å². The molecule has 0 radical (unpaired) electrons. The number of ketones is 2. The number of Topliss-reactive ketones (excluding diaryl/α,β-unsaturated/α-hetero) is 2. The minimum absolute atomic E-state index is 0.0258. The van der Waals surface area contributed by atoms with E-state index in [0.29, 0.717) is 66.4 Å². The van der Waals surface area contributed by atoms with Gasteiger partial charge in [-0.3, -0.25) is 48.3 Å². The smallest absolute Gasteiger partial charge is 0.296 e. The van der Waals surface area contributed by atoms with Gasteiger partial charge in [-0.05, 0) is 149 Å². The molecule has 9 aromatic rings. The van der Waals surface area contributed by atoms with E-state index in [-0.39, 0.29) is 127 Å². The molecule has 0 bridgehead atoms. The van der Waals surface area contributed by atoms with Crippen molar-refractivity contribution in [3.63, 3.8) is 0 Å². The SMILES string of the molecule is C[C@H](CC(=O)[C@H](CC(=O)N1CCCC[C@@H]1C)NC(=O)CC1CC1)c1ncc(Cc2ccccc2)[nH]1.C[C@H](NC(=O)[C@H](CC(=O)N1CCC[C@@H]1c1ccccc1)Nc1nc2ccccc2o1)C1=NC=C(c2ccccc2F)C1.Cc1cc(C(=O)C[C@@H](CC(=O)N2CCC[C@@H]2c2ccccc2)C(=O)N[C@@H](C)C2=NC=C(Cc3ccccc3)C2)no1. The van der Waals surface area contributed by atoms with E-state index in [1.807, 2.05) is 163 Å². The van der Waals surface area contributed by atoms with E-state index in [2.05, 4.69) is 82.5 Å². The number of aliphatic imine (C=N–C) groups is 2. The van der Waals surface area contributed by atoms with Gasteiger partial charge < -0.3 is 49.9 Å². The van der Waals surface area contributed by atoms with Gasteiger partial charge in [0.2, 0.25) is 35.4 Å². The Hall–Kier alpha value is -12.1. The zero-order valence-electron chi connectivity index (χ0n) is 67.8. The third-order valence-corrected chi connectivity index (χ3v) is 23.0. The summed E-state index contributed by atoms with van der Waals surface area (Å²) in [7, 11) is 0. The lowest BCUT2D eigenvalue weighted by molar-refractivity contribution is -0.138. The molecule has 0 spiro atoms. The number of amides is 6. The highest BCUT2D eigenvalue weighted by Crippen LogP contribution is 2.37. The third-order valence-electron chi connectivity index (χ3n) is 23.0. The Morgan fingerprint density at radius 3 is 1.79 bits per heavy atom. The fourth-order valence-electron chi connectivity index (χ4n) is 16.2. The number of rotatable bonds is 31. The number of nitrogens with one attached hydrogen (secondary N) is 5. The first-order valence-electron chi connectivity index (χ1n) is 41.6. The van der Waals surface area contributed by atoms with Gasteiger partial charge in [0, 0.05) is 124 Å². The van der Waals surface area contributed by atoms with Gasteiger partial charge in [0.05, 0.1) is 49.0 Å². The van der Waals surface area contributed by atoms with Crippen LogP contribution in [0.3, 0.4) is 0 Å². The predicted octanol–water partition coefficient (Wildman–Crippen LogP) is 15.4. The molecule has 5 aliphatic heterocycles. The Balaban J connectivity index is 0.000000154. The highest BCUT2D eigenvalue weighted by atomic mass is 19.1. The van der Waals surface area contributed by atoms with Gasteiger partial charge in [0.1, 0.15) is 34.7 Å². The van der Waals surface area contributed by atoms with E-state index >= 15 is 0 Å². The van der Waals surface area contributed by atoms with E-state index in [0.717, 1.165) is 111 Å². The van der Waals surface area contributed by atoms with Gasteiger partial charge in [-0.15, -0.1) is 0 Å². The van der Waals surface area contributed by atoms with Crippen molar-refractivity contribution in [2.75, 3.05) is 25.0 Å². The normalized spacial score (nSPS) is 18.5. The first-order valence-corrected chi connectivity index (χ1v) is 41.6. The summed E-state index contributed by atoms with van der Waals surface area (Å²) in [6, 6.07) is 53.5. The van der Waals surface area contributed by atoms with Crippen LogP contribution in [0.4, 0.5) is 10.4 Å². The lowest BCUT2D eigenvalue weighted by atomic mass is 9.94. The van der Waals surface area contributed by atoms with E-state index in [4.69, 9.17) is 8.94 Å². The van der Waals surface area contributed by atoms with E-state index < -0.39 is 24.0 Å². The second-order valence-corrected chi connectivity index (χ2v) is 32.1. The number of carbonyl (C=O) groups is 8. The van der Waals surface area contributed by atoms with Gasteiger partial charge in [0.15, 0.2) is 17.1 Å². The molecule has 614 valence electrons. The second kappa shape index (κ2) is 40.2. The molecule has 6 aromatic carbocycles. The number of halogens is 1. The van der Waals surface area contributed by atoms with Gasteiger partial charge in [-0.2, -0.15) is 4.98 Å². The number of benzene rings is 6. The number of aromatic amines is 1. The lowest BCUT2D eigenvalue weighted by Gasteiger charge is -2.34. The second-order valence-electron chi connectivity index (χ2n) is 32.1. The molecule has 1 saturated carbocycles. The molecule has 4 fully saturated rings. The number of anilines is 1. The first kappa shape index (κ1) is 83.9. The molecule has 23 nitrogen and oxygen atoms in total. The first-order chi connectivity index (χ1) is 57.2. The molecule has 9 atom stereocenters. The van der Waals surface area contributed by atoms with Gasteiger partial charge >= 0.3 is 0 Å². The molecule has 15 rings (SSSR count). The summed E-state index contributed by atoms with van der Waals surface area (Å²) < 4.78 is 25.2. The summed E-state index contributed by atoms with van der Waals surface area (Å²) in [5.74, 6) is -1.18. The minimum Gasteiger partial charge on any atom is -0.424 e. The number of imidazole rings is 1. The molecular weight excluding hydrogens is 1490 g/mol. The number of aromatic nitrogens is 4. The van der Waals surface area contributed by atoms with Gasteiger partial charge in [-0.25, -0.2) is 9.37 Å². The standard InChI is InChI=1S/C33H32FN5O3.C33H36N4O4.C28H38N4O3/c1-21(27-18-23(20-35-27)24-12-5-6-13-25(24)34)36-32(41)28(38-33-37-26-14-7-8-16-30(26)42-33)19-31(40)39-17-9-15-29(39)22-10-3-2-4-11-22;1-22-16-29(36-41-22)31(38)19-27(20-32(39)37-15-9-14-30(37)26-12-7-4-8-13-26)33(40)35-23(2)28-18-25(21-34-28)17-24-10-5-3-6-11-24;1-19(28-29-18-23(30-28)15-21-9-4-3-5-10-21)14-25(33)24(31-26(34)16-22-11-12-22)17-27(35)32-13-7-6-8-20(32)2/h2-8,10-14,16,20-21,28-29H,9,15,17-19H2,1H3,(H,36,41)(H,37,38);3-8,10-13,16,21,23,27,30H,9,14-15,17-20H2,1-2H3,(H,35,40);3-5,9-10,18-20,22,24H,6-8,11-17H2,1-2H3,(H,29,30)(H,31,34)/t21-,28-,29+;23-,27-,30+;19-,20+,24+/m001/s1. The molecular formula is C94H106FN13O10. The zero-order chi connectivity index (χ0) is 82.6. The van der Waals surface area contributed by atoms with Crippen molar-refractivity contribution in [2.45, 2.75) is 205 Å². The number of oxazole rings is 1. The largest absolute Gasteiger partial charge is 0.424 e. The molecule has 8 heterocycles. The number of aryl methyl sites for hydroxylation is 1. The average molecular weight is 1600 g/mol. The maximum atomic E-state index is 14.3. The molecule has 5 N–H and O–H groups in total. The van der Waals surface area contributed by atoms with Gasteiger partial charge in [-0.1, -0.05) is 164 Å². The quantitative estimate of drug-likeness (QED) is 0.0253. The number of likely N-dealkylation sites (tertiary alicyclic amines) is 3. The number of piperidine rings is 1. The summed E-state index contributed by atoms with van der Waals surface area (Å²) in [5.41, 5.74) is 10.9. The molecule has 6 amide bonds. The van der Waals surface area contributed by atoms with Gasteiger partial charge in [0.25, 0.3) is 6.01 Å². The van der Waals surface area contributed by atoms with E-state index in [9.17, 15) is 42.7 Å². The van der Waals surface area contributed by atoms with Crippen LogP contribution >= 0.6 is 0 Å². The minimum atomic E-state index is -0.939. The Bertz CT molecular complexity index is 5080. The Labute approximate surface area is 688 Å². The monoisotopic (exact) mass is 1600 g/mol. The van der Waals surface area contributed by atoms with Crippen LogP contribution in [0, 0.1) is 24.6 Å². The van der Waals surface area contributed by atoms with Crippen LogP contribution in [-0.4, -0.2) is 143 Å². The van der Waals surface area contributed by atoms with Crippen molar-refractivity contribution >= 4 is 81.1 Å². The van der Waals surface area contributed by atoms with Crippen molar-refractivity contribution in [1.82, 2.24) is 50.8 Å². The number of para-hydroxylation sites is 2. The molecule has 3 saturated heterocycles. The molecule has 1 aliphatic carbocycles. The van der Waals surface area contributed by atoms with Crippen molar-refractivity contribution < 1.29 is 51.7 Å². The Morgan fingerprint density at radius 2 is 1.15 bits per heavy atom. The van der Waals surface area contributed by atoms with E-state index in [1.54, 1.807) is 43.5 Å². The van der Waals surface area contributed by atoms with Crippen molar-refractivity contribution in [3.05, 3.63) is 257 Å². The number of allylic oxidation sites excluding steroid dienone is 2. The fraction of sp³-hybridized carbons (Fsp3) is 0.394. The number of nitrogens with zero attached hydrogens (tertiary/aromatic N) is 8. The number of fused-ring (bicyclic) bond motifs is 1. The van der Waals surface area contributed by atoms with Crippen LogP contribution in [0.1, 0.15) is 210 Å². The Morgan fingerprint density at radius 1 is 0.576 bits per heavy atom. The molecule has 6 aliphatic rings. The van der Waals surface area contributed by atoms with Crippen LogP contribution in [0.2, 0.25) is 0 Å². The zero-order valence-corrected chi connectivity index (χ0v) is 67.8. The number of H-pyrrole nitrogens is 1. The number of hydrogen-bond donors (Lipinski definition) is 5. The number of hydrogen-bond acceptors (Lipinski definition) is 16. The van der Waals surface area contributed by atoms with Crippen LogP contribution in [0.5, 0.6) is 0 Å². The van der Waals surface area contributed by atoms with Crippen molar-refractivity contribution in [3.8, 4) is 0 Å². The third kappa shape index (κ3) is 22.8. The number of carbonyl (C=O) groups excluding carboxylic acids is 8. The maximum Gasteiger partial charge on any atom is 0.296 e. The molecule has 118 heavy (non-hydrogen) atoms. The fourth-order valence-corrected chi connectivity index (χ4v) is 16.2. The van der Waals surface area contributed by atoms with Crippen LogP contribution in [0.25, 0.3) is 16.7 Å². The van der Waals surface area contributed by atoms with Crippen LogP contribution in [-0.2, 0) is 46.4 Å². The summed E-state index contributed by atoms with van der Waals surface area (Å²) in [6.45, 7) is 11.4. The summed E-state index contributed by atoms with van der Waals surface area (Å²) in [5, 5.41) is 15.8. The predicted molar refractivity (Wildman–Crippen MR) is 451 cm³/mol. The Kier molecular flexibility index (Phi) is 28.6. The van der Waals surface area contributed by atoms with Crippen molar-refractivity contribution in [2.24, 2.45) is 21.8 Å². The molecule has 0 unspecified atom stereocenters.